The molecule has 3 aliphatic carbocycles. The van der Waals surface area contributed by atoms with Gasteiger partial charge in [0, 0.05) is 30.7 Å². The van der Waals surface area contributed by atoms with Crippen molar-refractivity contribution < 1.29 is 14.3 Å². The van der Waals surface area contributed by atoms with Crippen LogP contribution in [0.3, 0.4) is 0 Å². The molecule has 1 aliphatic heterocycles. The van der Waals surface area contributed by atoms with Crippen molar-refractivity contribution >= 4 is 5.71 Å². The number of hydrogen-bond donors (Lipinski definition) is 0. The number of methoxy groups -OCH3 is 2. The van der Waals surface area contributed by atoms with Gasteiger partial charge in [0.05, 0.1) is 19.9 Å². The lowest BCUT2D eigenvalue weighted by molar-refractivity contribution is -0.0583. The second-order valence-electron chi connectivity index (χ2n) is 10.4. The van der Waals surface area contributed by atoms with E-state index in [4.69, 9.17) is 19.5 Å². The molecule has 4 aliphatic rings. The third kappa shape index (κ3) is 3.55. The molecule has 0 N–H and O–H groups in total. The van der Waals surface area contributed by atoms with Crippen LogP contribution in [0.15, 0.2) is 35.0 Å². The van der Waals surface area contributed by atoms with E-state index >= 15 is 0 Å². The molecular formula is C26H36N2O3. The van der Waals surface area contributed by atoms with Crippen LogP contribution < -0.4 is 9.47 Å². The number of fused-ring (bicyclic) bond motifs is 3. The van der Waals surface area contributed by atoms with Crippen LogP contribution in [0.25, 0.3) is 0 Å². The van der Waals surface area contributed by atoms with Crippen LogP contribution in [0.5, 0.6) is 11.5 Å². The Hall–Kier alpha value is -2.01. The van der Waals surface area contributed by atoms with Crippen LogP contribution >= 0.6 is 0 Å². The molecule has 5 heteroatoms. The number of hydrogen-bond acceptors (Lipinski definition) is 5. The zero-order valence-electron chi connectivity index (χ0n) is 19.4. The molecule has 1 saturated heterocycles. The summed E-state index contributed by atoms with van der Waals surface area (Å²) in [6.45, 7) is 3.46. The first-order valence-corrected chi connectivity index (χ1v) is 11.8. The second kappa shape index (κ2) is 7.84. The van der Waals surface area contributed by atoms with Gasteiger partial charge in [-0.05, 0) is 69.3 Å². The van der Waals surface area contributed by atoms with Gasteiger partial charge in [-0.3, -0.25) is 0 Å². The summed E-state index contributed by atoms with van der Waals surface area (Å²) >= 11 is 0. The summed E-state index contributed by atoms with van der Waals surface area (Å²) in [4.78, 5) is 8.86. The molecule has 3 fully saturated rings. The van der Waals surface area contributed by atoms with Gasteiger partial charge in [0.15, 0.2) is 11.5 Å². The molecule has 2 bridgehead atoms. The third-order valence-corrected chi connectivity index (χ3v) is 8.34. The summed E-state index contributed by atoms with van der Waals surface area (Å²) in [5.74, 6) is 2.32. The summed E-state index contributed by atoms with van der Waals surface area (Å²) in [5.41, 5.74) is 4.25. The van der Waals surface area contributed by atoms with E-state index in [9.17, 15) is 0 Å². The van der Waals surface area contributed by atoms with E-state index in [1.165, 1.54) is 24.1 Å². The van der Waals surface area contributed by atoms with Gasteiger partial charge in [0.25, 0.3) is 0 Å². The molecule has 0 spiro atoms. The highest BCUT2D eigenvalue weighted by Crippen LogP contribution is 2.50. The molecular weight excluding hydrogens is 388 g/mol. The summed E-state index contributed by atoms with van der Waals surface area (Å²) in [6, 6.07) is 6.93. The molecule has 2 saturated carbocycles. The maximum Gasteiger partial charge on any atom is 0.161 e. The Balaban J connectivity index is 1.36. The van der Waals surface area contributed by atoms with E-state index in [1.807, 2.05) is 0 Å². The van der Waals surface area contributed by atoms with Crippen LogP contribution in [-0.4, -0.2) is 50.1 Å². The lowest BCUT2D eigenvalue weighted by Crippen LogP contribution is -2.46. The van der Waals surface area contributed by atoms with Crippen molar-refractivity contribution in [1.29, 1.82) is 0 Å². The Labute approximate surface area is 186 Å². The zero-order valence-corrected chi connectivity index (χ0v) is 19.4. The summed E-state index contributed by atoms with van der Waals surface area (Å²) in [7, 11) is 5.67. The Bertz CT molecular complexity index is 910. The highest BCUT2D eigenvalue weighted by atomic mass is 16.6. The monoisotopic (exact) mass is 424 g/mol. The summed E-state index contributed by atoms with van der Waals surface area (Å²) in [5, 5.41) is 4.80. The first-order valence-electron chi connectivity index (χ1n) is 11.8. The Morgan fingerprint density at radius 1 is 1.10 bits per heavy atom. The molecule has 5 nitrogen and oxygen atoms in total. The van der Waals surface area contributed by atoms with Crippen molar-refractivity contribution in [2.24, 2.45) is 11.1 Å². The van der Waals surface area contributed by atoms with E-state index in [1.54, 1.807) is 19.8 Å². The molecule has 0 radical (unpaired) electrons. The van der Waals surface area contributed by atoms with Crippen molar-refractivity contribution in [3.63, 3.8) is 0 Å². The first kappa shape index (κ1) is 20.9. The number of oxime groups is 1. The smallest absolute Gasteiger partial charge is 0.161 e. The van der Waals surface area contributed by atoms with Gasteiger partial charge in [-0.25, -0.2) is 0 Å². The second-order valence-corrected chi connectivity index (χ2v) is 10.4. The lowest BCUT2D eigenvalue weighted by Gasteiger charge is -2.42. The fourth-order valence-corrected chi connectivity index (χ4v) is 6.79. The normalized spacial score (nSPS) is 36.3. The Morgan fingerprint density at radius 3 is 2.74 bits per heavy atom. The van der Waals surface area contributed by atoms with Crippen molar-refractivity contribution in [3.8, 4) is 11.5 Å². The molecule has 0 amide bonds. The van der Waals surface area contributed by atoms with E-state index in [0.29, 0.717) is 12.0 Å². The Morgan fingerprint density at radius 2 is 1.94 bits per heavy atom. The average molecular weight is 425 g/mol. The van der Waals surface area contributed by atoms with Crippen LogP contribution in [-0.2, 0) is 10.3 Å². The highest BCUT2D eigenvalue weighted by molar-refractivity contribution is 5.86. The topological polar surface area (TPSA) is 43.3 Å². The number of nitrogens with zero attached hydrogens (tertiary/aromatic N) is 2. The van der Waals surface area contributed by atoms with Gasteiger partial charge in [-0.2, -0.15) is 0 Å². The molecule has 4 atom stereocenters. The Kier molecular flexibility index (Phi) is 5.28. The van der Waals surface area contributed by atoms with E-state index in [2.05, 4.69) is 43.1 Å². The zero-order chi connectivity index (χ0) is 21.6. The molecule has 31 heavy (non-hydrogen) atoms. The molecule has 1 aromatic rings. The fourth-order valence-electron chi connectivity index (χ4n) is 6.79. The molecule has 4 unspecified atom stereocenters. The predicted octanol–water partition coefficient (Wildman–Crippen LogP) is 5.09. The lowest BCUT2D eigenvalue weighted by atomic mass is 9.65. The van der Waals surface area contributed by atoms with Crippen LogP contribution in [0.2, 0.25) is 0 Å². The maximum absolute atomic E-state index is 6.34. The van der Waals surface area contributed by atoms with Gasteiger partial charge in [0.1, 0.15) is 5.60 Å². The molecule has 1 aromatic carbocycles. The number of benzene rings is 1. The maximum atomic E-state index is 6.34. The standard InChI is InChI=1S/C26H36N2O3/c1-18-13-19-7-9-25(16-18,17-19)31-27-21-8-10-26(11-12-28(2)24(26)15-21)20-5-6-22(29-3)23(14-20)30-4/h5-7,14,18,24H,8-13,15-17H2,1-4H3/b27-21-. The third-order valence-electron chi connectivity index (χ3n) is 8.34. The first-order chi connectivity index (χ1) is 15.0. The molecule has 0 aromatic heterocycles. The van der Waals surface area contributed by atoms with Crippen molar-refractivity contribution in [2.45, 2.75) is 75.3 Å². The summed E-state index contributed by atoms with van der Waals surface area (Å²) < 4.78 is 11.1. The van der Waals surface area contributed by atoms with Crippen LogP contribution in [0.4, 0.5) is 0 Å². The fraction of sp³-hybridized carbons (Fsp3) is 0.654. The highest BCUT2D eigenvalue weighted by Gasteiger charge is 2.50. The quantitative estimate of drug-likeness (QED) is 0.488. The SMILES string of the molecule is COc1ccc(C23CC/C(=N/OC45CC=C(CC(C)C4)C5)CC2N(C)CC3)cc1OC. The minimum absolute atomic E-state index is 0.0700. The van der Waals surface area contributed by atoms with Gasteiger partial charge in [-0.1, -0.05) is 29.8 Å². The van der Waals surface area contributed by atoms with Gasteiger partial charge in [0.2, 0.25) is 0 Å². The minimum Gasteiger partial charge on any atom is -0.493 e. The molecule has 1 heterocycles. The number of likely N-dealkylation sites (N-methyl/N-ethyl adjacent to an activating group) is 1. The minimum atomic E-state index is -0.0700. The van der Waals surface area contributed by atoms with Gasteiger partial charge >= 0.3 is 0 Å². The van der Waals surface area contributed by atoms with E-state index in [0.717, 1.165) is 56.6 Å². The van der Waals surface area contributed by atoms with Crippen molar-refractivity contribution in [1.82, 2.24) is 4.90 Å². The van der Waals surface area contributed by atoms with E-state index in [-0.39, 0.29) is 11.0 Å². The van der Waals surface area contributed by atoms with Crippen molar-refractivity contribution in [2.75, 3.05) is 27.8 Å². The van der Waals surface area contributed by atoms with Gasteiger partial charge < -0.3 is 19.2 Å². The van der Waals surface area contributed by atoms with Crippen LogP contribution in [0, 0.1) is 5.92 Å². The number of likely N-dealkylation sites (tertiary alicyclic amines) is 1. The van der Waals surface area contributed by atoms with Crippen LogP contribution in [0.1, 0.15) is 63.9 Å². The predicted molar refractivity (Wildman–Crippen MR) is 123 cm³/mol. The number of ether oxygens (including phenoxy) is 2. The van der Waals surface area contributed by atoms with Crippen molar-refractivity contribution in [3.05, 3.63) is 35.4 Å². The average Bonchev–Trinajstić information content (AvgIpc) is 3.28. The summed E-state index contributed by atoms with van der Waals surface area (Å²) in [6.07, 6.45) is 11.1. The largest absolute Gasteiger partial charge is 0.493 e. The number of rotatable bonds is 5. The van der Waals surface area contributed by atoms with E-state index < -0.39 is 0 Å². The molecule has 5 rings (SSSR count). The molecule has 168 valence electrons. The van der Waals surface area contributed by atoms with Gasteiger partial charge in [-0.15, -0.1) is 0 Å².